The Balaban J connectivity index is 3.11. The van der Waals surface area contributed by atoms with Crippen molar-refractivity contribution < 1.29 is 14.3 Å². The van der Waals surface area contributed by atoms with Crippen LogP contribution in [0.1, 0.15) is 53.4 Å². The van der Waals surface area contributed by atoms with Crippen molar-refractivity contribution in [2.45, 2.75) is 71.0 Å². The van der Waals surface area contributed by atoms with Crippen molar-refractivity contribution >= 4 is 11.8 Å². The Labute approximate surface area is 122 Å². The van der Waals surface area contributed by atoms with E-state index in [1.807, 2.05) is 13.8 Å². The molecule has 1 rings (SSSR count). The van der Waals surface area contributed by atoms with Gasteiger partial charge in [-0.15, -0.1) is 0 Å². The second-order valence-electron chi connectivity index (χ2n) is 5.56. The summed E-state index contributed by atoms with van der Waals surface area (Å²) < 4.78 is 5.25. The number of rotatable bonds is 7. The van der Waals surface area contributed by atoms with Crippen LogP contribution in [0.2, 0.25) is 0 Å². The topological polar surface area (TPSA) is 58.6 Å². The summed E-state index contributed by atoms with van der Waals surface area (Å²) in [6.45, 7) is 8.23. The van der Waals surface area contributed by atoms with Crippen molar-refractivity contribution in [3.63, 3.8) is 0 Å². The number of carbonyl (C=O) groups is 2. The Bertz CT molecular complexity index is 347. The summed E-state index contributed by atoms with van der Waals surface area (Å²) in [5.41, 5.74) is -0.747. The van der Waals surface area contributed by atoms with Crippen molar-refractivity contribution in [3.05, 3.63) is 0 Å². The Kier molecular flexibility index (Phi) is 5.99. The van der Waals surface area contributed by atoms with E-state index >= 15 is 0 Å². The van der Waals surface area contributed by atoms with Gasteiger partial charge in [-0.3, -0.25) is 9.59 Å². The van der Waals surface area contributed by atoms with E-state index < -0.39 is 11.6 Å². The van der Waals surface area contributed by atoms with E-state index in [2.05, 4.69) is 12.2 Å². The first-order chi connectivity index (χ1) is 9.47. The van der Waals surface area contributed by atoms with Gasteiger partial charge in [0, 0.05) is 7.11 Å². The first kappa shape index (κ1) is 17.0. The van der Waals surface area contributed by atoms with Crippen molar-refractivity contribution in [2.24, 2.45) is 0 Å². The molecular formula is C15H28N2O3. The van der Waals surface area contributed by atoms with Gasteiger partial charge < -0.3 is 15.0 Å². The SMILES string of the molecule is CCCC(COC)N1C(=O)C(CC)(CC)NC(=O)C1C. The molecular weight excluding hydrogens is 256 g/mol. The highest BCUT2D eigenvalue weighted by atomic mass is 16.5. The van der Waals surface area contributed by atoms with Gasteiger partial charge in [0.15, 0.2) is 0 Å². The maximum Gasteiger partial charge on any atom is 0.249 e. The first-order valence-electron chi connectivity index (χ1n) is 7.61. The number of hydrogen-bond donors (Lipinski definition) is 1. The minimum absolute atomic E-state index is 0.0315. The zero-order valence-electron chi connectivity index (χ0n) is 13.4. The maximum atomic E-state index is 12.9. The van der Waals surface area contributed by atoms with Crippen molar-refractivity contribution in [1.82, 2.24) is 10.2 Å². The Hall–Kier alpha value is -1.10. The highest BCUT2D eigenvalue weighted by molar-refractivity contribution is 5.99. The van der Waals surface area contributed by atoms with Crippen LogP contribution in [0, 0.1) is 0 Å². The highest BCUT2D eigenvalue weighted by Gasteiger charge is 2.49. The summed E-state index contributed by atoms with van der Waals surface area (Å²) in [6.07, 6.45) is 3.03. The summed E-state index contributed by atoms with van der Waals surface area (Å²) in [4.78, 5) is 26.9. The van der Waals surface area contributed by atoms with E-state index in [9.17, 15) is 9.59 Å². The number of nitrogens with zero attached hydrogens (tertiary/aromatic N) is 1. The predicted molar refractivity (Wildman–Crippen MR) is 78.3 cm³/mol. The predicted octanol–water partition coefficient (Wildman–Crippen LogP) is 1.71. The summed E-state index contributed by atoms with van der Waals surface area (Å²) in [5, 5.41) is 2.93. The fraction of sp³-hybridized carbons (Fsp3) is 0.867. The molecule has 2 amide bonds. The van der Waals surface area contributed by atoms with Gasteiger partial charge in [0.25, 0.3) is 0 Å². The third-order valence-corrected chi connectivity index (χ3v) is 4.38. The summed E-state index contributed by atoms with van der Waals surface area (Å²) in [7, 11) is 1.63. The van der Waals surface area contributed by atoms with Gasteiger partial charge in [0.05, 0.1) is 12.6 Å². The van der Waals surface area contributed by atoms with Gasteiger partial charge in [-0.05, 0) is 26.2 Å². The van der Waals surface area contributed by atoms with E-state index in [0.717, 1.165) is 12.8 Å². The number of methoxy groups -OCH3 is 1. The van der Waals surface area contributed by atoms with Crippen LogP contribution in [-0.4, -0.2) is 48.1 Å². The largest absolute Gasteiger partial charge is 0.383 e. The van der Waals surface area contributed by atoms with Crippen LogP contribution in [0.3, 0.4) is 0 Å². The maximum absolute atomic E-state index is 12.9. The molecule has 0 aromatic rings. The zero-order valence-corrected chi connectivity index (χ0v) is 13.4. The van der Waals surface area contributed by atoms with Crippen molar-refractivity contribution in [1.29, 1.82) is 0 Å². The molecule has 0 spiro atoms. The lowest BCUT2D eigenvalue weighted by Crippen LogP contribution is -2.71. The van der Waals surface area contributed by atoms with Crippen LogP contribution in [0.5, 0.6) is 0 Å². The molecule has 1 aliphatic heterocycles. The van der Waals surface area contributed by atoms with Crippen LogP contribution in [0.4, 0.5) is 0 Å². The van der Waals surface area contributed by atoms with E-state index in [0.29, 0.717) is 19.4 Å². The second-order valence-corrected chi connectivity index (χ2v) is 5.56. The first-order valence-corrected chi connectivity index (χ1v) is 7.61. The van der Waals surface area contributed by atoms with Crippen LogP contribution in [-0.2, 0) is 14.3 Å². The molecule has 1 heterocycles. The van der Waals surface area contributed by atoms with E-state index in [1.165, 1.54) is 0 Å². The van der Waals surface area contributed by atoms with Crippen LogP contribution in [0.25, 0.3) is 0 Å². The second kappa shape index (κ2) is 7.07. The molecule has 1 aliphatic rings. The minimum Gasteiger partial charge on any atom is -0.383 e. The van der Waals surface area contributed by atoms with Gasteiger partial charge in [-0.25, -0.2) is 0 Å². The molecule has 0 aromatic heterocycles. The third kappa shape index (κ3) is 2.97. The van der Waals surface area contributed by atoms with Gasteiger partial charge in [-0.2, -0.15) is 0 Å². The van der Waals surface area contributed by atoms with Crippen molar-refractivity contribution in [3.8, 4) is 0 Å². The molecule has 1 saturated heterocycles. The Morgan fingerprint density at radius 1 is 1.30 bits per heavy atom. The molecule has 20 heavy (non-hydrogen) atoms. The van der Waals surface area contributed by atoms with Crippen LogP contribution >= 0.6 is 0 Å². The van der Waals surface area contributed by atoms with Gasteiger partial charge in [0.2, 0.25) is 11.8 Å². The molecule has 2 unspecified atom stereocenters. The van der Waals surface area contributed by atoms with Crippen LogP contribution < -0.4 is 5.32 Å². The molecule has 0 bridgehead atoms. The van der Waals surface area contributed by atoms with Crippen molar-refractivity contribution in [2.75, 3.05) is 13.7 Å². The number of ether oxygens (including phenoxy) is 1. The van der Waals surface area contributed by atoms with Crippen LogP contribution in [0.15, 0.2) is 0 Å². The fourth-order valence-electron chi connectivity index (χ4n) is 2.98. The molecule has 0 saturated carbocycles. The monoisotopic (exact) mass is 284 g/mol. The smallest absolute Gasteiger partial charge is 0.249 e. The number of piperazine rings is 1. The van der Waals surface area contributed by atoms with Gasteiger partial charge in [-0.1, -0.05) is 27.2 Å². The quantitative estimate of drug-likeness (QED) is 0.774. The summed E-state index contributed by atoms with van der Waals surface area (Å²) in [6, 6.07) is -0.462. The van der Waals surface area contributed by atoms with Gasteiger partial charge in [0.1, 0.15) is 11.6 Å². The summed E-state index contributed by atoms with van der Waals surface area (Å²) in [5.74, 6) is -0.0318. The number of amides is 2. The molecule has 116 valence electrons. The molecule has 0 aliphatic carbocycles. The van der Waals surface area contributed by atoms with Gasteiger partial charge >= 0.3 is 0 Å². The average Bonchev–Trinajstić information content (AvgIpc) is 2.44. The van der Waals surface area contributed by atoms with E-state index in [-0.39, 0.29) is 17.9 Å². The highest BCUT2D eigenvalue weighted by Crippen LogP contribution is 2.27. The molecule has 0 radical (unpaired) electrons. The lowest BCUT2D eigenvalue weighted by Gasteiger charge is -2.47. The Morgan fingerprint density at radius 2 is 1.90 bits per heavy atom. The fourth-order valence-corrected chi connectivity index (χ4v) is 2.98. The number of hydrogen-bond acceptors (Lipinski definition) is 3. The minimum atomic E-state index is -0.747. The average molecular weight is 284 g/mol. The number of nitrogens with one attached hydrogen (secondary N) is 1. The molecule has 5 heteroatoms. The lowest BCUT2D eigenvalue weighted by atomic mass is 9.86. The Morgan fingerprint density at radius 3 is 2.35 bits per heavy atom. The van der Waals surface area contributed by atoms with E-state index in [4.69, 9.17) is 4.74 Å². The molecule has 2 atom stereocenters. The molecule has 5 nitrogen and oxygen atoms in total. The van der Waals surface area contributed by atoms with E-state index in [1.54, 1.807) is 18.9 Å². The number of carbonyl (C=O) groups excluding carboxylic acids is 2. The normalized spacial score (nSPS) is 23.6. The molecule has 0 aromatic carbocycles. The zero-order chi connectivity index (χ0) is 15.3. The molecule has 1 N–H and O–H groups in total. The summed E-state index contributed by atoms with van der Waals surface area (Å²) >= 11 is 0. The third-order valence-electron chi connectivity index (χ3n) is 4.38. The lowest BCUT2D eigenvalue weighted by molar-refractivity contribution is -0.159. The standard InChI is InChI=1S/C15H28N2O3/c1-6-9-12(10-20-5)17-11(4)13(18)16-15(7-2,8-3)14(17)19/h11-12H,6-10H2,1-5H3,(H,16,18). The molecule has 1 fully saturated rings.